The Balaban J connectivity index is 2.01. The lowest BCUT2D eigenvalue weighted by Crippen LogP contribution is -2.03. The van der Waals surface area contributed by atoms with Gasteiger partial charge in [0.05, 0.1) is 18.8 Å². The van der Waals surface area contributed by atoms with Gasteiger partial charge in [0.15, 0.2) is 0 Å². The third kappa shape index (κ3) is 3.57. The van der Waals surface area contributed by atoms with E-state index >= 15 is 0 Å². The first-order chi connectivity index (χ1) is 9.33. The molecule has 0 amide bonds. The molecule has 0 unspecified atom stereocenters. The largest absolute Gasteiger partial charge is 0.492 e. The Kier molecular flexibility index (Phi) is 4.54. The van der Waals surface area contributed by atoms with Crippen LogP contribution >= 0.6 is 0 Å². The van der Waals surface area contributed by atoms with Crippen LogP contribution in [-0.2, 0) is 13.0 Å². The van der Waals surface area contributed by atoms with Crippen molar-refractivity contribution in [2.45, 2.75) is 13.0 Å². The summed E-state index contributed by atoms with van der Waals surface area (Å²) in [6, 6.07) is 17.2. The van der Waals surface area contributed by atoms with Crippen LogP contribution in [0, 0.1) is 11.3 Å². The molecule has 0 saturated heterocycles. The van der Waals surface area contributed by atoms with E-state index in [0.29, 0.717) is 17.9 Å². The van der Waals surface area contributed by atoms with E-state index in [4.69, 9.17) is 15.1 Å². The highest BCUT2D eigenvalue weighted by atomic mass is 16.5. The van der Waals surface area contributed by atoms with Gasteiger partial charge in [-0.05, 0) is 23.3 Å². The topological polar surface area (TPSA) is 53.2 Å². The molecule has 0 aliphatic rings. The molecule has 1 N–H and O–H groups in total. The van der Waals surface area contributed by atoms with Crippen molar-refractivity contribution in [1.82, 2.24) is 0 Å². The van der Waals surface area contributed by atoms with E-state index < -0.39 is 0 Å². The fourth-order valence-corrected chi connectivity index (χ4v) is 1.80. The van der Waals surface area contributed by atoms with Crippen LogP contribution in [0.5, 0.6) is 5.75 Å². The van der Waals surface area contributed by atoms with Gasteiger partial charge in [-0.15, -0.1) is 0 Å². The number of aliphatic hydroxyl groups is 1. The predicted molar refractivity (Wildman–Crippen MR) is 72.7 cm³/mol. The molecule has 3 nitrogen and oxygen atoms in total. The number of nitrogens with zero attached hydrogens (tertiary/aromatic N) is 1. The quantitative estimate of drug-likeness (QED) is 0.891. The maximum absolute atomic E-state index is 9.09. The molecule has 2 aromatic rings. The minimum atomic E-state index is -0.0548. The molecule has 0 fully saturated rings. The molecule has 2 aromatic carbocycles. The van der Waals surface area contributed by atoms with Crippen molar-refractivity contribution in [3.63, 3.8) is 0 Å². The summed E-state index contributed by atoms with van der Waals surface area (Å²) in [6.07, 6.45) is 0.787. The summed E-state index contributed by atoms with van der Waals surface area (Å²) in [5.41, 5.74) is 2.43. The highest BCUT2D eigenvalue weighted by molar-refractivity contribution is 5.45. The monoisotopic (exact) mass is 253 g/mol. The summed E-state index contributed by atoms with van der Waals surface area (Å²) < 4.78 is 5.64. The van der Waals surface area contributed by atoms with Crippen molar-refractivity contribution in [2.24, 2.45) is 0 Å². The number of rotatable bonds is 5. The van der Waals surface area contributed by atoms with Crippen molar-refractivity contribution < 1.29 is 9.84 Å². The highest BCUT2D eigenvalue weighted by Crippen LogP contribution is 2.20. The third-order valence-corrected chi connectivity index (χ3v) is 2.84. The summed E-state index contributed by atoms with van der Waals surface area (Å²) in [4.78, 5) is 0. The second kappa shape index (κ2) is 6.58. The van der Waals surface area contributed by atoms with Gasteiger partial charge in [0.2, 0.25) is 0 Å². The molecule has 0 aliphatic carbocycles. The van der Waals surface area contributed by atoms with E-state index in [1.165, 1.54) is 5.56 Å². The van der Waals surface area contributed by atoms with Crippen LogP contribution < -0.4 is 4.74 Å². The zero-order valence-corrected chi connectivity index (χ0v) is 10.5. The minimum Gasteiger partial charge on any atom is -0.492 e. The fourth-order valence-electron chi connectivity index (χ4n) is 1.80. The number of aliphatic hydroxyl groups excluding tert-OH is 1. The second-order valence-electron chi connectivity index (χ2n) is 4.18. The van der Waals surface area contributed by atoms with E-state index in [-0.39, 0.29) is 6.61 Å². The SMILES string of the molecule is N#Cc1ccc(CO)cc1OCCc1ccccc1. The van der Waals surface area contributed by atoms with Gasteiger partial charge in [-0.25, -0.2) is 0 Å². The maximum atomic E-state index is 9.09. The summed E-state index contributed by atoms with van der Waals surface area (Å²) in [5, 5.41) is 18.1. The van der Waals surface area contributed by atoms with Crippen molar-refractivity contribution in [3.05, 3.63) is 65.2 Å². The number of ether oxygens (including phenoxy) is 1. The van der Waals surface area contributed by atoms with E-state index in [0.717, 1.165) is 12.0 Å². The summed E-state index contributed by atoms with van der Waals surface area (Å²) in [7, 11) is 0. The maximum Gasteiger partial charge on any atom is 0.137 e. The average molecular weight is 253 g/mol. The first-order valence-corrected chi connectivity index (χ1v) is 6.14. The Labute approximate surface area is 112 Å². The lowest BCUT2D eigenvalue weighted by Gasteiger charge is -2.09. The van der Waals surface area contributed by atoms with Crippen LogP contribution in [0.2, 0.25) is 0 Å². The fraction of sp³-hybridized carbons (Fsp3) is 0.188. The Morgan fingerprint density at radius 2 is 1.84 bits per heavy atom. The Bertz CT molecular complexity index is 573. The average Bonchev–Trinajstić information content (AvgIpc) is 2.48. The second-order valence-corrected chi connectivity index (χ2v) is 4.18. The molecular formula is C16H15NO2. The van der Waals surface area contributed by atoms with Crippen LogP contribution in [0.4, 0.5) is 0 Å². The first-order valence-electron chi connectivity index (χ1n) is 6.14. The number of hydrogen-bond donors (Lipinski definition) is 1. The molecule has 19 heavy (non-hydrogen) atoms. The van der Waals surface area contributed by atoms with Gasteiger partial charge >= 0.3 is 0 Å². The molecule has 0 heterocycles. The standard InChI is InChI=1S/C16H15NO2/c17-11-15-7-6-14(12-18)10-16(15)19-9-8-13-4-2-1-3-5-13/h1-7,10,18H,8-9,12H2. The van der Waals surface area contributed by atoms with Gasteiger partial charge in [-0.3, -0.25) is 0 Å². The molecule has 0 atom stereocenters. The third-order valence-electron chi connectivity index (χ3n) is 2.84. The number of benzene rings is 2. The Morgan fingerprint density at radius 1 is 1.05 bits per heavy atom. The van der Waals surface area contributed by atoms with Crippen LogP contribution in [-0.4, -0.2) is 11.7 Å². The number of hydrogen-bond acceptors (Lipinski definition) is 3. The summed E-state index contributed by atoms with van der Waals surface area (Å²) >= 11 is 0. The van der Waals surface area contributed by atoms with Gasteiger partial charge in [0, 0.05) is 6.42 Å². The molecule has 0 aromatic heterocycles. The Hall–Kier alpha value is -2.31. The smallest absolute Gasteiger partial charge is 0.137 e. The highest BCUT2D eigenvalue weighted by Gasteiger charge is 2.04. The van der Waals surface area contributed by atoms with E-state index in [1.54, 1.807) is 18.2 Å². The molecule has 2 rings (SSSR count). The summed E-state index contributed by atoms with van der Waals surface area (Å²) in [5.74, 6) is 0.532. The zero-order valence-electron chi connectivity index (χ0n) is 10.5. The van der Waals surface area contributed by atoms with Crippen molar-refractivity contribution in [1.29, 1.82) is 5.26 Å². The van der Waals surface area contributed by atoms with E-state index in [2.05, 4.69) is 6.07 Å². The van der Waals surface area contributed by atoms with Crippen LogP contribution in [0.25, 0.3) is 0 Å². The first kappa shape index (κ1) is 13.1. The van der Waals surface area contributed by atoms with Crippen molar-refractivity contribution in [2.75, 3.05) is 6.61 Å². The van der Waals surface area contributed by atoms with Crippen LogP contribution in [0.15, 0.2) is 48.5 Å². The van der Waals surface area contributed by atoms with Crippen LogP contribution in [0.1, 0.15) is 16.7 Å². The van der Waals surface area contributed by atoms with Crippen molar-refractivity contribution in [3.8, 4) is 11.8 Å². The molecule has 0 spiro atoms. The molecular weight excluding hydrogens is 238 g/mol. The van der Waals surface area contributed by atoms with Gasteiger partial charge in [-0.2, -0.15) is 5.26 Å². The van der Waals surface area contributed by atoms with Gasteiger partial charge < -0.3 is 9.84 Å². The van der Waals surface area contributed by atoms with Gasteiger partial charge in [-0.1, -0.05) is 36.4 Å². The minimum absolute atomic E-state index is 0.0548. The lowest BCUT2D eigenvalue weighted by atomic mass is 10.1. The molecule has 0 saturated carbocycles. The zero-order chi connectivity index (χ0) is 13.5. The van der Waals surface area contributed by atoms with Gasteiger partial charge in [0.25, 0.3) is 0 Å². The van der Waals surface area contributed by atoms with E-state index in [1.807, 2.05) is 30.3 Å². The lowest BCUT2D eigenvalue weighted by molar-refractivity contribution is 0.279. The van der Waals surface area contributed by atoms with Gasteiger partial charge in [0.1, 0.15) is 11.8 Å². The van der Waals surface area contributed by atoms with Crippen molar-refractivity contribution >= 4 is 0 Å². The molecule has 0 aliphatic heterocycles. The predicted octanol–water partition coefficient (Wildman–Crippen LogP) is 2.67. The normalized spacial score (nSPS) is 9.89. The summed E-state index contributed by atoms with van der Waals surface area (Å²) in [6.45, 7) is 0.453. The van der Waals surface area contributed by atoms with E-state index in [9.17, 15) is 0 Å². The molecule has 96 valence electrons. The Morgan fingerprint density at radius 3 is 2.53 bits per heavy atom. The molecule has 0 radical (unpaired) electrons. The molecule has 3 heteroatoms. The van der Waals surface area contributed by atoms with Crippen LogP contribution in [0.3, 0.4) is 0 Å². The number of nitriles is 1. The molecule has 0 bridgehead atoms.